The number of benzene rings is 1. The Kier molecular flexibility index (Phi) is 8.92. The average Bonchev–Trinajstić information content (AvgIpc) is 2.55. The number of anilines is 1. The van der Waals surface area contributed by atoms with Gasteiger partial charge in [-0.2, -0.15) is 0 Å². The summed E-state index contributed by atoms with van der Waals surface area (Å²) in [5, 5.41) is 9.27. The van der Waals surface area contributed by atoms with Crippen molar-refractivity contribution < 1.29 is 9.53 Å². The van der Waals surface area contributed by atoms with Crippen LogP contribution in [-0.4, -0.2) is 44.2 Å². The third-order valence-electron chi connectivity index (χ3n) is 3.62. The number of hydrogen-bond donors (Lipinski definition) is 3. The molecular weight excluding hydrogens is 384 g/mol. The number of halogens is 1. The van der Waals surface area contributed by atoms with Crippen LogP contribution in [0.4, 0.5) is 5.69 Å². The molecule has 1 rings (SSSR count). The van der Waals surface area contributed by atoms with Gasteiger partial charge in [0, 0.05) is 36.8 Å². The average molecular weight is 413 g/mol. The molecule has 1 aromatic rings. The van der Waals surface area contributed by atoms with Crippen molar-refractivity contribution >= 4 is 33.5 Å². The van der Waals surface area contributed by atoms with Crippen LogP contribution in [-0.2, 0) is 9.53 Å². The summed E-state index contributed by atoms with van der Waals surface area (Å²) in [6.45, 7) is 9.71. The molecule has 0 heterocycles. The first-order valence-electron chi connectivity index (χ1n) is 8.40. The van der Waals surface area contributed by atoms with E-state index < -0.39 is 0 Å². The molecule has 0 unspecified atom stereocenters. The first kappa shape index (κ1) is 21.4. The monoisotopic (exact) mass is 412 g/mol. The molecule has 7 heteroatoms. The Morgan fingerprint density at radius 2 is 2.04 bits per heavy atom. The Morgan fingerprint density at radius 3 is 2.64 bits per heavy atom. The van der Waals surface area contributed by atoms with Crippen LogP contribution in [0.5, 0.6) is 0 Å². The third kappa shape index (κ3) is 8.36. The van der Waals surface area contributed by atoms with E-state index in [1.165, 1.54) is 0 Å². The second-order valence-corrected chi connectivity index (χ2v) is 7.26. The lowest BCUT2D eigenvalue weighted by Gasteiger charge is -2.21. The zero-order valence-electron chi connectivity index (χ0n) is 15.7. The van der Waals surface area contributed by atoms with Crippen LogP contribution >= 0.6 is 15.9 Å². The lowest BCUT2D eigenvalue weighted by molar-refractivity contribution is -0.116. The van der Waals surface area contributed by atoms with E-state index in [1.54, 1.807) is 7.11 Å². The normalized spacial score (nSPS) is 12.0. The number of guanidine groups is 1. The fourth-order valence-corrected chi connectivity index (χ4v) is 2.43. The molecule has 140 valence electrons. The molecule has 0 saturated carbocycles. The molecule has 0 spiro atoms. The number of carbonyl (C=O) groups excluding carboxylic acids is 1. The Morgan fingerprint density at radius 1 is 1.32 bits per heavy atom. The Labute approximate surface area is 158 Å². The largest absolute Gasteiger partial charge is 0.377 e. The van der Waals surface area contributed by atoms with E-state index in [0.717, 1.165) is 22.3 Å². The van der Waals surface area contributed by atoms with Crippen molar-refractivity contribution in [3.8, 4) is 0 Å². The van der Waals surface area contributed by atoms with Crippen LogP contribution in [0.3, 0.4) is 0 Å². The molecule has 0 aromatic heterocycles. The van der Waals surface area contributed by atoms with Crippen molar-refractivity contribution in [1.29, 1.82) is 0 Å². The van der Waals surface area contributed by atoms with Gasteiger partial charge in [0.1, 0.15) is 0 Å². The second kappa shape index (κ2) is 10.4. The molecule has 1 aromatic carbocycles. The highest BCUT2D eigenvalue weighted by Gasteiger charge is 2.15. The molecule has 3 N–H and O–H groups in total. The number of rotatable bonds is 8. The number of ether oxygens (including phenoxy) is 1. The van der Waals surface area contributed by atoms with Gasteiger partial charge in [0.05, 0.1) is 12.1 Å². The number of aryl methyl sites for hydroxylation is 1. The minimum absolute atomic E-state index is 0.0361. The summed E-state index contributed by atoms with van der Waals surface area (Å²) >= 11 is 3.42. The summed E-state index contributed by atoms with van der Waals surface area (Å²) < 4.78 is 6.36. The molecule has 0 aliphatic rings. The molecule has 25 heavy (non-hydrogen) atoms. The number of hydrogen-bond acceptors (Lipinski definition) is 3. The van der Waals surface area contributed by atoms with Crippen molar-refractivity contribution in [1.82, 2.24) is 10.6 Å². The highest BCUT2D eigenvalue weighted by molar-refractivity contribution is 9.10. The fourth-order valence-electron chi connectivity index (χ4n) is 1.95. The molecule has 0 aliphatic carbocycles. The van der Waals surface area contributed by atoms with Gasteiger partial charge >= 0.3 is 0 Å². The number of nitrogens with one attached hydrogen (secondary N) is 3. The topological polar surface area (TPSA) is 74.8 Å². The van der Waals surface area contributed by atoms with Gasteiger partial charge in [-0.1, -0.05) is 15.9 Å². The molecule has 0 bridgehead atoms. The molecule has 1 amide bonds. The Hall–Kier alpha value is -1.60. The summed E-state index contributed by atoms with van der Waals surface area (Å²) in [4.78, 5) is 16.6. The number of amides is 1. The molecule has 0 fully saturated rings. The van der Waals surface area contributed by atoms with E-state index >= 15 is 0 Å². The predicted octanol–water partition coefficient (Wildman–Crippen LogP) is 3.07. The number of nitrogens with zero attached hydrogens (tertiary/aromatic N) is 1. The standard InChI is InChI=1S/C18H29BrN4O2/c1-6-20-17(22-12-18(3,4)25-5)21-10-9-16(24)23-15-8-7-14(19)11-13(15)2/h7-8,11H,6,9-10,12H2,1-5H3,(H,23,24)(H2,20,21,22). The minimum Gasteiger partial charge on any atom is -0.377 e. The van der Waals surface area contributed by atoms with Gasteiger partial charge in [-0.3, -0.25) is 9.79 Å². The highest BCUT2D eigenvalue weighted by atomic mass is 79.9. The summed E-state index contributed by atoms with van der Waals surface area (Å²) in [5.41, 5.74) is 1.53. The number of carbonyl (C=O) groups is 1. The van der Waals surface area contributed by atoms with E-state index in [1.807, 2.05) is 45.9 Å². The minimum atomic E-state index is -0.321. The third-order valence-corrected chi connectivity index (χ3v) is 4.12. The van der Waals surface area contributed by atoms with E-state index in [4.69, 9.17) is 4.74 Å². The van der Waals surface area contributed by atoms with Crippen LogP contribution < -0.4 is 16.0 Å². The summed E-state index contributed by atoms with van der Waals surface area (Å²) in [6.07, 6.45) is 0.355. The van der Waals surface area contributed by atoms with E-state index in [0.29, 0.717) is 25.5 Å². The quantitative estimate of drug-likeness (QED) is 0.452. The lowest BCUT2D eigenvalue weighted by Crippen LogP contribution is -2.40. The maximum Gasteiger partial charge on any atom is 0.226 e. The molecule has 6 nitrogen and oxygen atoms in total. The maximum absolute atomic E-state index is 12.1. The van der Waals surface area contributed by atoms with Crippen molar-refractivity contribution in [2.24, 2.45) is 4.99 Å². The van der Waals surface area contributed by atoms with Gasteiger partial charge in [-0.25, -0.2) is 0 Å². The van der Waals surface area contributed by atoms with Crippen LogP contribution in [0.15, 0.2) is 27.7 Å². The Bertz CT molecular complexity index is 603. The van der Waals surface area contributed by atoms with Crippen LogP contribution in [0.2, 0.25) is 0 Å². The van der Waals surface area contributed by atoms with Gasteiger partial charge in [0.2, 0.25) is 5.91 Å². The van der Waals surface area contributed by atoms with Crippen molar-refractivity contribution in [3.05, 3.63) is 28.2 Å². The van der Waals surface area contributed by atoms with Gasteiger partial charge in [-0.15, -0.1) is 0 Å². The van der Waals surface area contributed by atoms with Gasteiger partial charge in [0.25, 0.3) is 0 Å². The first-order chi connectivity index (χ1) is 11.8. The first-order valence-corrected chi connectivity index (χ1v) is 9.20. The second-order valence-electron chi connectivity index (χ2n) is 6.34. The lowest BCUT2D eigenvalue weighted by atomic mass is 10.1. The van der Waals surface area contributed by atoms with Gasteiger partial charge < -0.3 is 20.7 Å². The molecule has 0 aliphatic heterocycles. The SMILES string of the molecule is CCNC(=NCC(C)(C)OC)NCCC(=O)Nc1ccc(Br)cc1C. The zero-order valence-corrected chi connectivity index (χ0v) is 17.3. The van der Waals surface area contributed by atoms with Crippen molar-refractivity contribution in [2.75, 3.05) is 32.1 Å². The molecule has 0 radical (unpaired) electrons. The highest BCUT2D eigenvalue weighted by Crippen LogP contribution is 2.20. The Balaban J connectivity index is 2.49. The smallest absolute Gasteiger partial charge is 0.226 e. The maximum atomic E-state index is 12.1. The zero-order chi connectivity index (χ0) is 18.9. The van der Waals surface area contributed by atoms with E-state index in [9.17, 15) is 4.79 Å². The molecular formula is C18H29BrN4O2. The van der Waals surface area contributed by atoms with Gasteiger partial charge in [-0.05, 0) is 51.5 Å². The van der Waals surface area contributed by atoms with Crippen molar-refractivity contribution in [3.63, 3.8) is 0 Å². The summed E-state index contributed by atoms with van der Waals surface area (Å²) in [7, 11) is 1.67. The number of methoxy groups -OCH3 is 1. The van der Waals surface area contributed by atoms with Crippen LogP contribution in [0.25, 0.3) is 0 Å². The number of aliphatic imine (C=N–C) groups is 1. The summed E-state index contributed by atoms with van der Waals surface area (Å²) in [5.74, 6) is 0.645. The van der Waals surface area contributed by atoms with E-state index in [2.05, 4.69) is 36.9 Å². The van der Waals surface area contributed by atoms with Crippen molar-refractivity contribution in [2.45, 2.75) is 39.7 Å². The predicted molar refractivity (Wildman–Crippen MR) is 107 cm³/mol. The molecule has 0 saturated heterocycles. The molecule has 0 atom stereocenters. The van der Waals surface area contributed by atoms with Gasteiger partial charge in [0.15, 0.2) is 5.96 Å². The van der Waals surface area contributed by atoms with Crippen LogP contribution in [0.1, 0.15) is 32.8 Å². The van der Waals surface area contributed by atoms with E-state index in [-0.39, 0.29) is 11.5 Å². The van der Waals surface area contributed by atoms with Crippen LogP contribution in [0, 0.1) is 6.92 Å². The summed E-state index contributed by atoms with van der Waals surface area (Å²) in [6, 6.07) is 5.78. The fraction of sp³-hybridized carbons (Fsp3) is 0.556.